The van der Waals surface area contributed by atoms with E-state index in [1.807, 2.05) is 0 Å². The summed E-state index contributed by atoms with van der Waals surface area (Å²) >= 11 is 0. The summed E-state index contributed by atoms with van der Waals surface area (Å²) in [4.78, 5) is 0. The lowest BCUT2D eigenvalue weighted by atomic mass is 10.0. The van der Waals surface area contributed by atoms with Crippen LogP contribution < -0.4 is 0 Å². The number of rotatable bonds is 3. The summed E-state index contributed by atoms with van der Waals surface area (Å²) in [5, 5.41) is 0. The molecule has 76 valence electrons. The van der Waals surface area contributed by atoms with Gasteiger partial charge in [0.15, 0.2) is 0 Å². The molecule has 0 aliphatic carbocycles. The molecule has 0 aromatic heterocycles. The highest BCUT2D eigenvalue weighted by Gasteiger charge is 1.97. The largest absolute Gasteiger partial charge is 0.0758 e. The summed E-state index contributed by atoms with van der Waals surface area (Å²) in [6.07, 6.45) is 4.66. The van der Waals surface area contributed by atoms with Gasteiger partial charge in [0, 0.05) is 0 Å². The Morgan fingerprint density at radius 3 is 2.50 bits per heavy atom. The van der Waals surface area contributed by atoms with Crippen molar-refractivity contribution in [3.8, 4) is 0 Å². The first kappa shape index (κ1) is 11.0. The molecule has 0 amide bonds. The van der Waals surface area contributed by atoms with E-state index in [2.05, 4.69) is 52.0 Å². The molecule has 1 rings (SSSR count). The fourth-order valence-corrected chi connectivity index (χ4v) is 1.65. The van der Waals surface area contributed by atoms with Gasteiger partial charge in [-0.25, -0.2) is 0 Å². The van der Waals surface area contributed by atoms with Crippen molar-refractivity contribution in [2.75, 3.05) is 0 Å². The summed E-state index contributed by atoms with van der Waals surface area (Å²) < 4.78 is 0. The van der Waals surface area contributed by atoms with Gasteiger partial charge in [0.2, 0.25) is 0 Å². The lowest BCUT2D eigenvalue weighted by Crippen LogP contribution is -1.87. The molecule has 0 spiro atoms. The minimum Gasteiger partial charge on any atom is -0.0758 e. The maximum Gasteiger partial charge on any atom is -0.0228 e. The predicted molar refractivity (Wildman–Crippen MR) is 64.5 cm³/mol. The van der Waals surface area contributed by atoms with Crippen LogP contribution in [0.4, 0.5) is 0 Å². The second-order valence-corrected chi connectivity index (χ2v) is 4.16. The number of hydrogen-bond donors (Lipinski definition) is 0. The maximum atomic E-state index is 2.30. The first-order valence-corrected chi connectivity index (χ1v) is 5.38. The van der Waals surface area contributed by atoms with Crippen molar-refractivity contribution in [1.29, 1.82) is 0 Å². The zero-order valence-electron chi connectivity index (χ0n) is 9.72. The Kier molecular flexibility index (Phi) is 3.94. The second-order valence-electron chi connectivity index (χ2n) is 4.16. The van der Waals surface area contributed by atoms with Crippen LogP contribution in [0.5, 0.6) is 0 Å². The van der Waals surface area contributed by atoms with Crippen LogP contribution in [-0.4, -0.2) is 0 Å². The molecule has 0 nitrogen and oxygen atoms in total. The average molecular weight is 188 g/mol. The molecule has 0 aliphatic rings. The van der Waals surface area contributed by atoms with Crippen molar-refractivity contribution in [2.24, 2.45) is 0 Å². The van der Waals surface area contributed by atoms with Crippen LogP contribution in [0.3, 0.4) is 0 Å². The number of aryl methyl sites for hydroxylation is 2. The van der Waals surface area contributed by atoms with E-state index >= 15 is 0 Å². The van der Waals surface area contributed by atoms with Crippen molar-refractivity contribution < 1.29 is 0 Å². The van der Waals surface area contributed by atoms with Crippen LogP contribution in [0.2, 0.25) is 0 Å². The van der Waals surface area contributed by atoms with Gasteiger partial charge in [-0.05, 0) is 43.9 Å². The van der Waals surface area contributed by atoms with E-state index < -0.39 is 0 Å². The van der Waals surface area contributed by atoms with Gasteiger partial charge in [-0.2, -0.15) is 0 Å². The minimum absolute atomic E-state index is 1.19. The third-order valence-corrected chi connectivity index (χ3v) is 2.32. The third kappa shape index (κ3) is 3.02. The molecule has 0 heteroatoms. The molecular weight excluding hydrogens is 168 g/mol. The van der Waals surface area contributed by atoms with E-state index in [1.54, 1.807) is 0 Å². The Morgan fingerprint density at radius 2 is 2.00 bits per heavy atom. The van der Waals surface area contributed by atoms with Crippen LogP contribution in [0.15, 0.2) is 23.8 Å². The smallest absolute Gasteiger partial charge is 0.0228 e. The Morgan fingerprint density at radius 1 is 1.29 bits per heavy atom. The van der Waals surface area contributed by atoms with Crippen molar-refractivity contribution >= 4 is 6.08 Å². The minimum atomic E-state index is 1.19. The molecule has 0 unspecified atom stereocenters. The van der Waals surface area contributed by atoms with Gasteiger partial charge < -0.3 is 0 Å². The van der Waals surface area contributed by atoms with E-state index in [-0.39, 0.29) is 0 Å². The van der Waals surface area contributed by atoms with E-state index in [9.17, 15) is 0 Å². The van der Waals surface area contributed by atoms with E-state index in [4.69, 9.17) is 0 Å². The van der Waals surface area contributed by atoms with E-state index in [0.717, 1.165) is 0 Å². The van der Waals surface area contributed by atoms with Crippen LogP contribution >= 0.6 is 0 Å². The Balaban J connectivity index is 2.95. The van der Waals surface area contributed by atoms with Crippen molar-refractivity contribution in [1.82, 2.24) is 0 Å². The molecule has 0 fully saturated rings. The van der Waals surface area contributed by atoms with E-state index in [0.29, 0.717) is 0 Å². The zero-order valence-corrected chi connectivity index (χ0v) is 9.72. The van der Waals surface area contributed by atoms with Gasteiger partial charge in [0.1, 0.15) is 0 Å². The van der Waals surface area contributed by atoms with Crippen molar-refractivity contribution in [2.45, 2.75) is 40.5 Å². The topological polar surface area (TPSA) is 0 Å². The van der Waals surface area contributed by atoms with Gasteiger partial charge in [-0.15, -0.1) is 0 Å². The normalized spacial score (nSPS) is 10.0. The summed E-state index contributed by atoms with van der Waals surface area (Å²) in [5.74, 6) is 0. The summed E-state index contributed by atoms with van der Waals surface area (Å²) in [6.45, 7) is 8.69. The fourth-order valence-electron chi connectivity index (χ4n) is 1.65. The Hall–Kier alpha value is -1.04. The molecule has 0 bridgehead atoms. The molecule has 0 saturated heterocycles. The number of benzene rings is 1. The quantitative estimate of drug-likeness (QED) is 0.660. The molecule has 1 aromatic rings. The molecule has 0 aliphatic heterocycles. The highest BCUT2D eigenvalue weighted by molar-refractivity contribution is 5.56. The molecule has 1 aromatic carbocycles. The molecular formula is C14H20. The Bertz CT molecular complexity index is 328. The first-order valence-electron chi connectivity index (χ1n) is 5.38. The second kappa shape index (κ2) is 4.99. The molecule has 0 atom stereocenters. The van der Waals surface area contributed by atoms with Crippen molar-refractivity contribution in [3.63, 3.8) is 0 Å². The lowest BCUT2D eigenvalue weighted by molar-refractivity contribution is 0.920. The van der Waals surface area contributed by atoms with Crippen molar-refractivity contribution in [3.05, 3.63) is 40.5 Å². The molecule has 0 radical (unpaired) electrons. The number of hydrogen-bond acceptors (Lipinski definition) is 0. The van der Waals surface area contributed by atoms with Crippen LogP contribution in [0, 0.1) is 6.92 Å². The maximum absolute atomic E-state index is 2.30. The average Bonchev–Trinajstić information content (AvgIpc) is 2.10. The van der Waals surface area contributed by atoms with Gasteiger partial charge in [-0.3, -0.25) is 0 Å². The van der Waals surface area contributed by atoms with Gasteiger partial charge in [-0.1, -0.05) is 43.2 Å². The van der Waals surface area contributed by atoms with E-state index in [1.165, 1.54) is 35.1 Å². The van der Waals surface area contributed by atoms with Crippen LogP contribution in [-0.2, 0) is 6.42 Å². The standard InChI is InChI=1S/C14H20/c1-5-6-13-7-8-14(9-11(2)3)12(4)10-13/h7-10H,5-6H2,1-4H3. The highest BCUT2D eigenvalue weighted by Crippen LogP contribution is 2.15. The summed E-state index contributed by atoms with van der Waals surface area (Å²) in [5.41, 5.74) is 5.55. The monoisotopic (exact) mass is 188 g/mol. The molecule has 0 heterocycles. The van der Waals surface area contributed by atoms with Crippen LogP contribution in [0.25, 0.3) is 6.08 Å². The number of allylic oxidation sites excluding steroid dienone is 1. The molecule has 0 N–H and O–H groups in total. The molecule has 0 saturated carbocycles. The summed E-state index contributed by atoms with van der Waals surface area (Å²) in [6, 6.07) is 6.77. The highest BCUT2D eigenvalue weighted by atomic mass is 14.0. The fraction of sp³-hybridized carbons (Fsp3) is 0.429. The Labute approximate surface area is 87.7 Å². The summed E-state index contributed by atoms with van der Waals surface area (Å²) in [7, 11) is 0. The predicted octanol–water partition coefficient (Wildman–Crippen LogP) is 4.37. The zero-order chi connectivity index (χ0) is 10.6. The third-order valence-electron chi connectivity index (χ3n) is 2.32. The SMILES string of the molecule is CCCc1ccc(C=C(C)C)c(C)c1. The molecule has 14 heavy (non-hydrogen) atoms. The van der Waals surface area contributed by atoms with Gasteiger partial charge >= 0.3 is 0 Å². The first-order chi connectivity index (χ1) is 6.63. The van der Waals surface area contributed by atoms with Gasteiger partial charge in [0.05, 0.1) is 0 Å². The van der Waals surface area contributed by atoms with Gasteiger partial charge in [0.25, 0.3) is 0 Å². The lowest BCUT2D eigenvalue weighted by Gasteiger charge is -2.05. The van der Waals surface area contributed by atoms with Crippen LogP contribution in [0.1, 0.15) is 43.9 Å².